The lowest BCUT2D eigenvalue weighted by molar-refractivity contribution is -0.187. The van der Waals surface area contributed by atoms with Crippen LogP contribution in [0.3, 0.4) is 0 Å². The maximum absolute atomic E-state index is 14.3. The molecule has 0 saturated heterocycles. The fraction of sp³-hybridized carbons (Fsp3) is 0.435. The Hall–Kier alpha value is -2.64. The third-order valence-electron chi connectivity index (χ3n) is 5.49. The molecule has 0 bridgehead atoms. The fourth-order valence-corrected chi connectivity index (χ4v) is 3.83. The molecule has 2 aromatic carbocycles. The molecular formula is C23H23F5O3. The van der Waals surface area contributed by atoms with Crippen molar-refractivity contribution in [2.24, 2.45) is 11.8 Å². The molecule has 0 amide bonds. The standard InChI is InChI=1S/C23H23F5O3/c1-2-3-14-4-6-15(7-5-14)22(29)30-16-8-10-18(20(25)12-16)23(27,28)31-17-9-11-19(24)21(26)13-17/h8-15H,2-7H2,1H3. The second-order valence-electron chi connectivity index (χ2n) is 7.76. The molecule has 3 nitrogen and oxygen atoms in total. The largest absolute Gasteiger partial charge is 0.429 e. The first-order valence-electron chi connectivity index (χ1n) is 10.2. The van der Waals surface area contributed by atoms with Crippen LogP contribution in [0.5, 0.6) is 11.5 Å². The van der Waals surface area contributed by atoms with Crippen LogP contribution in [0.15, 0.2) is 36.4 Å². The molecule has 1 aliphatic rings. The average Bonchev–Trinajstić information content (AvgIpc) is 2.71. The number of alkyl halides is 2. The van der Waals surface area contributed by atoms with Crippen molar-refractivity contribution in [2.45, 2.75) is 51.6 Å². The van der Waals surface area contributed by atoms with Crippen molar-refractivity contribution in [2.75, 3.05) is 0 Å². The predicted octanol–water partition coefficient (Wildman–Crippen LogP) is 6.74. The highest BCUT2D eigenvalue weighted by Gasteiger charge is 2.38. The summed E-state index contributed by atoms with van der Waals surface area (Å²) < 4.78 is 78.7. The highest BCUT2D eigenvalue weighted by Crippen LogP contribution is 2.36. The molecule has 0 radical (unpaired) electrons. The van der Waals surface area contributed by atoms with Crippen molar-refractivity contribution < 1.29 is 36.2 Å². The van der Waals surface area contributed by atoms with Crippen LogP contribution in [-0.2, 0) is 10.9 Å². The maximum Gasteiger partial charge on any atom is 0.429 e. The summed E-state index contributed by atoms with van der Waals surface area (Å²) in [7, 11) is 0. The van der Waals surface area contributed by atoms with E-state index in [4.69, 9.17) is 4.74 Å². The van der Waals surface area contributed by atoms with Crippen molar-refractivity contribution in [1.82, 2.24) is 0 Å². The topological polar surface area (TPSA) is 35.5 Å². The van der Waals surface area contributed by atoms with E-state index in [0.717, 1.165) is 43.9 Å². The SMILES string of the molecule is CCCC1CCC(C(=O)Oc2ccc(C(F)(F)Oc3ccc(F)c(F)c3)c(F)c2)CC1. The second kappa shape index (κ2) is 9.66. The Bertz CT molecular complexity index is 923. The van der Waals surface area contributed by atoms with Crippen molar-refractivity contribution in [1.29, 1.82) is 0 Å². The predicted molar refractivity (Wildman–Crippen MR) is 103 cm³/mol. The first kappa shape index (κ1) is 23.0. The molecule has 168 valence electrons. The van der Waals surface area contributed by atoms with Gasteiger partial charge in [0.1, 0.15) is 22.9 Å². The van der Waals surface area contributed by atoms with Crippen molar-refractivity contribution >= 4 is 5.97 Å². The van der Waals surface area contributed by atoms with Gasteiger partial charge in [0.2, 0.25) is 0 Å². The number of ether oxygens (including phenoxy) is 2. The monoisotopic (exact) mass is 442 g/mol. The molecule has 8 heteroatoms. The summed E-state index contributed by atoms with van der Waals surface area (Å²) in [6, 6.07) is 4.31. The lowest BCUT2D eigenvalue weighted by Crippen LogP contribution is -2.26. The van der Waals surface area contributed by atoms with E-state index in [0.29, 0.717) is 37.0 Å². The summed E-state index contributed by atoms with van der Waals surface area (Å²) in [4.78, 5) is 12.3. The Morgan fingerprint density at radius 1 is 0.935 bits per heavy atom. The zero-order valence-electron chi connectivity index (χ0n) is 17.0. The minimum Gasteiger partial charge on any atom is -0.429 e. The first-order valence-corrected chi connectivity index (χ1v) is 10.2. The van der Waals surface area contributed by atoms with Crippen LogP contribution in [0, 0.1) is 29.3 Å². The summed E-state index contributed by atoms with van der Waals surface area (Å²) in [5.41, 5.74) is -1.13. The number of esters is 1. The molecule has 2 aromatic rings. The highest BCUT2D eigenvalue weighted by molar-refractivity contribution is 5.75. The number of carbonyl (C=O) groups excluding carboxylic acids is 1. The van der Waals surface area contributed by atoms with Gasteiger partial charge in [-0.1, -0.05) is 19.8 Å². The fourth-order valence-electron chi connectivity index (χ4n) is 3.83. The Morgan fingerprint density at radius 2 is 1.58 bits per heavy atom. The van der Waals surface area contributed by atoms with Crippen LogP contribution in [-0.4, -0.2) is 5.97 Å². The molecule has 3 rings (SSSR count). The minimum absolute atomic E-state index is 0.189. The molecule has 1 fully saturated rings. The van der Waals surface area contributed by atoms with E-state index in [2.05, 4.69) is 11.7 Å². The molecule has 0 atom stereocenters. The molecule has 0 N–H and O–H groups in total. The molecule has 0 aromatic heterocycles. The quantitative estimate of drug-likeness (QED) is 0.271. The van der Waals surface area contributed by atoms with Gasteiger partial charge in [0, 0.05) is 12.1 Å². The van der Waals surface area contributed by atoms with Gasteiger partial charge in [-0.3, -0.25) is 4.79 Å². The number of hydrogen-bond acceptors (Lipinski definition) is 3. The Morgan fingerprint density at radius 3 is 2.19 bits per heavy atom. The summed E-state index contributed by atoms with van der Waals surface area (Å²) >= 11 is 0. The average molecular weight is 442 g/mol. The van der Waals surface area contributed by atoms with E-state index in [1.165, 1.54) is 0 Å². The molecule has 1 saturated carbocycles. The van der Waals surface area contributed by atoms with Gasteiger partial charge in [-0.15, -0.1) is 0 Å². The van der Waals surface area contributed by atoms with Crippen molar-refractivity contribution in [3.63, 3.8) is 0 Å². The number of benzene rings is 2. The molecule has 0 spiro atoms. The van der Waals surface area contributed by atoms with Crippen LogP contribution in [0.25, 0.3) is 0 Å². The Kier molecular flexibility index (Phi) is 7.18. The summed E-state index contributed by atoms with van der Waals surface area (Å²) in [5, 5.41) is 0. The normalized spacial score (nSPS) is 19.2. The molecule has 1 aliphatic carbocycles. The third kappa shape index (κ3) is 5.74. The second-order valence-corrected chi connectivity index (χ2v) is 7.76. The lowest BCUT2D eigenvalue weighted by Gasteiger charge is -2.26. The molecule has 31 heavy (non-hydrogen) atoms. The van der Waals surface area contributed by atoms with Crippen LogP contribution >= 0.6 is 0 Å². The zero-order chi connectivity index (χ0) is 22.6. The van der Waals surface area contributed by atoms with Crippen molar-refractivity contribution in [3.05, 3.63) is 59.4 Å². The summed E-state index contributed by atoms with van der Waals surface area (Å²) in [5.74, 6) is -5.03. The van der Waals surface area contributed by atoms with Gasteiger partial charge in [0.25, 0.3) is 0 Å². The van der Waals surface area contributed by atoms with Gasteiger partial charge in [-0.2, -0.15) is 8.78 Å². The summed E-state index contributed by atoms with van der Waals surface area (Å²) in [6.07, 6.45) is 1.27. The summed E-state index contributed by atoms with van der Waals surface area (Å²) in [6.45, 7) is 2.12. The third-order valence-corrected chi connectivity index (χ3v) is 5.49. The zero-order valence-corrected chi connectivity index (χ0v) is 17.0. The number of halogens is 5. The smallest absolute Gasteiger partial charge is 0.429 e. The first-order chi connectivity index (χ1) is 14.7. The van der Waals surface area contributed by atoms with E-state index in [1.54, 1.807) is 0 Å². The molecular weight excluding hydrogens is 419 g/mol. The van der Waals surface area contributed by atoms with Crippen LogP contribution in [0.1, 0.15) is 51.0 Å². The number of hydrogen-bond donors (Lipinski definition) is 0. The molecule has 0 unspecified atom stereocenters. The maximum atomic E-state index is 14.3. The van der Waals surface area contributed by atoms with Gasteiger partial charge in [-0.25, -0.2) is 13.2 Å². The number of rotatable bonds is 7. The van der Waals surface area contributed by atoms with E-state index < -0.39 is 40.8 Å². The van der Waals surface area contributed by atoms with Gasteiger partial charge in [-0.05, 0) is 55.9 Å². The molecule has 0 aliphatic heterocycles. The van der Waals surface area contributed by atoms with Gasteiger partial charge in [0.15, 0.2) is 11.6 Å². The van der Waals surface area contributed by atoms with Gasteiger partial charge in [0.05, 0.1) is 5.92 Å². The van der Waals surface area contributed by atoms with E-state index in [-0.39, 0.29) is 11.7 Å². The van der Waals surface area contributed by atoms with Crippen LogP contribution in [0.2, 0.25) is 0 Å². The molecule has 0 heterocycles. The van der Waals surface area contributed by atoms with Gasteiger partial charge < -0.3 is 9.47 Å². The van der Waals surface area contributed by atoms with Crippen LogP contribution in [0.4, 0.5) is 22.0 Å². The van der Waals surface area contributed by atoms with E-state index in [9.17, 15) is 26.7 Å². The van der Waals surface area contributed by atoms with Crippen molar-refractivity contribution in [3.8, 4) is 11.5 Å². The highest BCUT2D eigenvalue weighted by atomic mass is 19.3. The Labute approximate surface area is 177 Å². The van der Waals surface area contributed by atoms with E-state index in [1.807, 2.05) is 0 Å². The van der Waals surface area contributed by atoms with E-state index >= 15 is 0 Å². The number of carbonyl (C=O) groups is 1. The van der Waals surface area contributed by atoms with Gasteiger partial charge >= 0.3 is 12.1 Å². The van der Waals surface area contributed by atoms with Crippen LogP contribution < -0.4 is 9.47 Å². The minimum atomic E-state index is -4.16. The Balaban J connectivity index is 1.65. The lowest BCUT2D eigenvalue weighted by atomic mass is 9.80.